The molecular formula is C21H29Cl2N3O2. The molecule has 0 saturated heterocycles. The topological polar surface area (TPSA) is 53.6 Å². The quantitative estimate of drug-likeness (QED) is 0.606. The van der Waals surface area contributed by atoms with Crippen molar-refractivity contribution in [3.8, 4) is 0 Å². The number of fused-ring (bicyclic) bond motifs is 1. The molecule has 0 aromatic heterocycles. The second-order valence-corrected chi connectivity index (χ2v) is 6.42. The van der Waals surface area contributed by atoms with E-state index in [0.29, 0.717) is 13.2 Å². The highest BCUT2D eigenvalue weighted by atomic mass is 35.5. The molecular weight excluding hydrogens is 397 g/mol. The van der Waals surface area contributed by atoms with Crippen LogP contribution in [-0.4, -0.2) is 45.8 Å². The standard InChI is InChI=1S/C21H27N3O2.2ClH/c1-26-16-14-22-12-13-23-21(25)20(18-8-3-2-4-9-18)24-15-11-17-7-5-6-10-19(17)24;;/h2-10,20,22H,11-16H2,1H3,(H,23,25);2*1H. The van der Waals surface area contributed by atoms with Crippen LogP contribution in [0.25, 0.3) is 0 Å². The van der Waals surface area contributed by atoms with Gasteiger partial charge >= 0.3 is 0 Å². The molecule has 2 aromatic rings. The second kappa shape index (κ2) is 12.6. The highest BCUT2D eigenvalue weighted by Gasteiger charge is 2.31. The Bertz CT molecular complexity index is 716. The van der Waals surface area contributed by atoms with Crippen LogP contribution in [0.3, 0.4) is 0 Å². The molecule has 2 aromatic carbocycles. The van der Waals surface area contributed by atoms with Gasteiger partial charge in [0.05, 0.1) is 6.61 Å². The van der Waals surface area contributed by atoms with Crippen LogP contribution in [0.4, 0.5) is 5.69 Å². The van der Waals surface area contributed by atoms with Crippen LogP contribution in [0.1, 0.15) is 17.2 Å². The number of hydrogen-bond donors (Lipinski definition) is 2. The largest absolute Gasteiger partial charge is 0.383 e. The number of amides is 1. The molecule has 154 valence electrons. The van der Waals surface area contributed by atoms with E-state index < -0.39 is 0 Å². The van der Waals surface area contributed by atoms with Crippen molar-refractivity contribution in [3.05, 3.63) is 65.7 Å². The highest BCUT2D eigenvalue weighted by molar-refractivity contribution is 5.87. The summed E-state index contributed by atoms with van der Waals surface area (Å²) < 4.78 is 5.01. The number of carbonyl (C=O) groups is 1. The molecule has 1 unspecified atom stereocenters. The van der Waals surface area contributed by atoms with Gasteiger partial charge in [-0.1, -0.05) is 48.5 Å². The Morgan fingerprint density at radius 1 is 1.04 bits per heavy atom. The van der Waals surface area contributed by atoms with E-state index in [4.69, 9.17) is 4.74 Å². The maximum Gasteiger partial charge on any atom is 0.247 e. The van der Waals surface area contributed by atoms with Crippen LogP contribution in [0, 0.1) is 0 Å². The molecule has 0 aliphatic carbocycles. The molecule has 2 N–H and O–H groups in total. The van der Waals surface area contributed by atoms with E-state index >= 15 is 0 Å². The molecule has 1 aliphatic heterocycles. The summed E-state index contributed by atoms with van der Waals surface area (Å²) in [4.78, 5) is 15.2. The molecule has 0 spiro atoms. The summed E-state index contributed by atoms with van der Waals surface area (Å²) in [5.74, 6) is 0.0430. The Labute approximate surface area is 179 Å². The zero-order valence-electron chi connectivity index (χ0n) is 16.1. The van der Waals surface area contributed by atoms with Crippen LogP contribution in [0.2, 0.25) is 0 Å². The van der Waals surface area contributed by atoms with Crippen molar-refractivity contribution in [1.82, 2.24) is 10.6 Å². The number of nitrogens with zero attached hydrogens (tertiary/aromatic N) is 1. The number of nitrogens with one attached hydrogen (secondary N) is 2. The van der Waals surface area contributed by atoms with Gasteiger partial charge in [0.1, 0.15) is 6.04 Å². The lowest BCUT2D eigenvalue weighted by Crippen LogP contribution is -2.42. The van der Waals surface area contributed by atoms with Crippen LogP contribution >= 0.6 is 24.8 Å². The van der Waals surface area contributed by atoms with Gasteiger partial charge in [0, 0.05) is 39.0 Å². The molecule has 1 aliphatic rings. The number of para-hydroxylation sites is 1. The Balaban J connectivity index is 0.00000196. The molecule has 28 heavy (non-hydrogen) atoms. The lowest BCUT2D eigenvalue weighted by atomic mass is 10.0. The first-order valence-corrected chi connectivity index (χ1v) is 9.18. The lowest BCUT2D eigenvalue weighted by Gasteiger charge is -2.30. The van der Waals surface area contributed by atoms with Gasteiger partial charge in [-0.3, -0.25) is 4.79 Å². The van der Waals surface area contributed by atoms with Crippen LogP contribution in [0.5, 0.6) is 0 Å². The zero-order chi connectivity index (χ0) is 18.2. The summed E-state index contributed by atoms with van der Waals surface area (Å²) in [6.45, 7) is 3.64. The minimum Gasteiger partial charge on any atom is -0.383 e. The van der Waals surface area contributed by atoms with E-state index in [0.717, 1.165) is 37.3 Å². The van der Waals surface area contributed by atoms with E-state index in [1.54, 1.807) is 7.11 Å². The van der Waals surface area contributed by atoms with Crippen molar-refractivity contribution in [2.75, 3.05) is 44.8 Å². The number of hydrogen-bond acceptors (Lipinski definition) is 4. The average molecular weight is 426 g/mol. The number of benzene rings is 2. The summed E-state index contributed by atoms with van der Waals surface area (Å²) in [7, 11) is 1.68. The first kappa shape index (κ1) is 24.2. The molecule has 1 heterocycles. The Morgan fingerprint density at radius 3 is 2.50 bits per heavy atom. The van der Waals surface area contributed by atoms with Crippen molar-refractivity contribution in [1.29, 1.82) is 0 Å². The van der Waals surface area contributed by atoms with Gasteiger partial charge < -0.3 is 20.3 Å². The Morgan fingerprint density at radius 2 is 1.75 bits per heavy atom. The Hall–Kier alpha value is -1.79. The molecule has 0 radical (unpaired) electrons. The van der Waals surface area contributed by atoms with Gasteiger partial charge in [0.15, 0.2) is 0 Å². The van der Waals surface area contributed by atoms with E-state index in [9.17, 15) is 4.79 Å². The molecule has 0 fully saturated rings. The molecule has 7 heteroatoms. The number of anilines is 1. The SMILES string of the molecule is COCCNCCNC(=O)C(c1ccccc1)N1CCc2ccccc21.Cl.Cl. The smallest absolute Gasteiger partial charge is 0.247 e. The molecule has 0 bridgehead atoms. The number of halogens is 2. The summed E-state index contributed by atoms with van der Waals surface area (Å²) >= 11 is 0. The second-order valence-electron chi connectivity index (χ2n) is 6.42. The van der Waals surface area contributed by atoms with E-state index in [1.807, 2.05) is 36.4 Å². The fraction of sp³-hybridized carbons (Fsp3) is 0.381. The third-order valence-corrected chi connectivity index (χ3v) is 4.68. The van der Waals surface area contributed by atoms with Crippen molar-refractivity contribution in [2.24, 2.45) is 0 Å². The molecule has 0 saturated carbocycles. The number of carbonyl (C=O) groups excluding carboxylic acids is 1. The predicted molar refractivity (Wildman–Crippen MR) is 119 cm³/mol. The maximum absolute atomic E-state index is 13.0. The summed E-state index contributed by atoms with van der Waals surface area (Å²) in [5, 5.41) is 6.33. The third kappa shape index (κ3) is 6.11. The fourth-order valence-corrected chi connectivity index (χ4v) is 3.41. The first-order chi connectivity index (χ1) is 12.8. The molecule has 5 nitrogen and oxygen atoms in total. The van der Waals surface area contributed by atoms with Gasteiger partial charge in [0.2, 0.25) is 5.91 Å². The van der Waals surface area contributed by atoms with Crippen molar-refractivity contribution in [2.45, 2.75) is 12.5 Å². The van der Waals surface area contributed by atoms with Crippen molar-refractivity contribution in [3.63, 3.8) is 0 Å². The van der Waals surface area contributed by atoms with E-state index in [-0.39, 0.29) is 36.8 Å². The van der Waals surface area contributed by atoms with Crippen LogP contribution in [-0.2, 0) is 16.0 Å². The van der Waals surface area contributed by atoms with Crippen LogP contribution in [0.15, 0.2) is 54.6 Å². The highest BCUT2D eigenvalue weighted by Crippen LogP contribution is 2.35. The van der Waals surface area contributed by atoms with Crippen molar-refractivity contribution >= 4 is 36.4 Å². The predicted octanol–water partition coefficient (Wildman–Crippen LogP) is 2.99. The molecule has 1 amide bonds. The summed E-state index contributed by atoms with van der Waals surface area (Å²) in [5.41, 5.74) is 3.49. The molecule has 3 rings (SSSR count). The van der Waals surface area contributed by atoms with Gasteiger partial charge in [-0.25, -0.2) is 0 Å². The maximum atomic E-state index is 13.0. The van der Waals surface area contributed by atoms with Crippen LogP contribution < -0.4 is 15.5 Å². The number of ether oxygens (including phenoxy) is 1. The van der Waals surface area contributed by atoms with E-state index in [2.05, 4.69) is 33.7 Å². The number of methoxy groups -OCH3 is 1. The summed E-state index contributed by atoms with van der Waals surface area (Å²) in [6.07, 6.45) is 0.978. The third-order valence-electron chi connectivity index (χ3n) is 4.68. The average Bonchev–Trinajstić information content (AvgIpc) is 3.10. The Kier molecular flexibility index (Phi) is 10.9. The lowest BCUT2D eigenvalue weighted by molar-refractivity contribution is -0.122. The van der Waals surface area contributed by atoms with Gasteiger partial charge in [-0.2, -0.15) is 0 Å². The fourth-order valence-electron chi connectivity index (χ4n) is 3.41. The summed E-state index contributed by atoms with van der Waals surface area (Å²) in [6, 6.07) is 18.1. The number of rotatable bonds is 9. The minimum absolute atomic E-state index is 0. The van der Waals surface area contributed by atoms with Gasteiger partial charge in [-0.05, 0) is 23.6 Å². The minimum atomic E-state index is -0.307. The normalized spacial score (nSPS) is 13.1. The van der Waals surface area contributed by atoms with Gasteiger partial charge in [0.25, 0.3) is 0 Å². The zero-order valence-corrected chi connectivity index (χ0v) is 17.7. The van der Waals surface area contributed by atoms with E-state index in [1.165, 1.54) is 5.56 Å². The first-order valence-electron chi connectivity index (χ1n) is 9.18. The molecule has 1 atom stereocenters. The van der Waals surface area contributed by atoms with Gasteiger partial charge in [-0.15, -0.1) is 24.8 Å². The van der Waals surface area contributed by atoms with Crippen molar-refractivity contribution < 1.29 is 9.53 Å². The monoisotopic (exact) mass is 425 g/mol.